The molecule has 0 unspecified atom stereocenters. The van der Waals surface area contributed by atoms with E-state index in [1.165, 1.54) is 11.8 Å². The minimum absolute atomic E-state index is 0.240. The van der Waals surface area contributed by atoms with Crippen molar-refractivity contribution in [1.29, 1.82) is 0 Å². The summed E-state index contributed by atoms with van der Waals surface area (Å²) >= 11 is 4.37. The number of nitrogens with zero attached hydrogens (tertiary/aromatic N) is 2. The Hall–Kier alpha value is -1.95. The predicted molar refractivity (Wildman–Crippen MR) is 134 cm³/mol. The Kier molecular flexibility index (Phi) is 8.67. The van der Waals surface area contributed by atoms with E-state index in [1.807, 2.05) is 6.07 Å². The first-order valence-electron chi connectivity index (χ1n) is 10.8. The van der Waals surface area contributed by atoms with Crippen LogP contribution in [0.3, 0.4) is 0 Å². The molecule has 2 aromatic carbocycles. The van der Waals surface area contributed by atoms with Crippen LogP contribution in [0.1, 0.15) is 26.3 Å². The third kappa shape index (κ3) is 6.63. The molecule has 2 aromatic rings. The molecule has 1 heterocycles. The Morgan fingerprint density at radius 1 is 1.03 bits per heavy atom. The van der Waals surface area contributed by atoms with Gasteiger partial charge in [-0.15, -0.1) is 0 Å². The molecular weight excluding hydrogens is 549 g/mol. The van der Waals surface area contributed by atoms with Crippen LogP contribution in [0, 0.1) is 0 Å². The molecule has 0 saturated carbocycles. The van der Waals surface area contributed by atoms with Gasteiger partial charge in [-0.1, -0.05) is 27.7 Å². The van der Waals surface area contributed by atoms with Crippen molar-refractivity contribution in [3.63, 3.8) is 0 Å². The summed E-state index contributed by atoms with van der Waals surface area (Å²) in [6.07, 6.45) is -5.56. The molecule has 192 valence electrons. The molecule has 0 atom stereocenters. The van der Waals surface area contributed by atoms with Crippen molar-refractivity contribution >= 4 is 50.8 Å². The molecule has 1 aliphatic rings. The van der Waals surface area contributed by atoms with Crippen LogP contribution < -0.4 is 9.80 Å². The number of carbonyl (C=O) groups excluding carboxylic acids is 1. The highest BCUT2D eigenvalue weighted by Crippen LogP contribution is 2.54. The van der Waals surface area contributed by atoms with Gasteiger partial charge in [-0.3, -0.25) is 0 Å². The molecule has 0 saturated heterocycles. The molecule has 1 amide bonds. The highest BCUT2D eigenvalue weighted by Gasteiger charge is 2.42. The van der Waals surface area contributed by atoms with Crippen molar-refractivity contribution in [2.24, 2.45) is 0 Å². The molecule has 0 aliphatic carbocycles. The van der Waals surface area contributed by atoms with Gasteiger partial charge in [-0.2, -0.15) is 13.2 Å². The van der Waals surface area contributed by atoms with Gasteiger partial charge in [-0.05, 0) is 51.1 Å². The Labute approximate surface area is 215 Å². The number of halogens is 4. The zero-order valence-electron chi connectivity index (χ0n) is 20.2. The van der Waals surface area contributed by atoms with E-state index in [9.17, 15) is 18.0 Å². The summed E-state index contributed by atoms with van der Waals surface area (Å²) in [5.41, 5.74) is -0.893. The number of methoxy groups -OCH3 is 2. The normalized spacial score (nSPS) is 13.3. The summed E-state index contributed by atoms with van der Waals surface area (Å²) in [6.45, 7) is 7.18. The van der Waals surface area contributed by atoms with Crippen molar-refractivity contribution in [2.45, 2.75) is 42.3 Å². The van der Waals surface area contributed by atoms with Crippen molar-refractivity contribution in [1.82, 2.24) is 0 Å². The average Bonchev–Trinajstić information content (AvgIpc) is 2.74. The first kappa shape index (κ1) is 27.6. The number of fused-ring (bicyclic) bond motifs is 2. The lowest BCUT2D eigenvalue weighted by Crippen LogP contribution is -2.36. The maximum atomic E-state index is 14.1. The number of amides is 1. The average molecular weight is 577 g/mol. The predicted octanol–water partition coefficient (Wildman–Crippen LogP) is 7.10. The van der Waals surface area contributed by atoms with Crippen molar-refractivity contribution < 1.29 is 32.2 Å². The van der Waals surface area contributed by atoms with Crippen LogP contribution in [-0.4, -0.2) is 52.2 Å². The lowest BCUT2D eigenvalue weighted by atomic mass is 10.1. The molecule has 0 aromatic heterocycles. The number of carbonyl (C=O) groups is 1. The van der Waals surface area contributed by atoms with Gasteiger partial charge in [0.2, 0.25) is 0 Å². The molecule has 6 nitrogen and oxygen atoms in total. The largest absolute Gasteiger partial charge is 0.443 e. The fourth-order valence-electron chi connectivity index (χ4n) is 3.57. The molecule has 3 rings (SSSR count). The molecular formula is C24H28BrF3N2O4S. The molecule has 11 heteroatoms. The smallest absolute Gasteiger partial charge is 0.419 e. The first-order valence-corrected chi connectivity index (χ1v) is 12.4. The van der Waals surface area contributed by atoms with E-state index < -0.39 is 23.4 Å². The van der Waals surface area contributed by atoms with Crippen molar-refractivity contribution in [2.75, 3.05) is 50.3 Å². The summed E-state index contributed by atoms with van der Waals surface area (Å²) in [4.78, 5) is 17.3. The fraction of sp³-hybridized carbons (Fsp3) is 0.458. The van der Waals surface area contributed by atoms with Gasteiger partial charge in [0.15, 0.2) is 0 Å². The molecule has 35 heavy (non-hydrogen) atoms. The second kappa shape index (κ2) is 11.0. The van der Waals surface area contributed by atoms with E-state index >= 15 is 0 Å². The highest BCUT2D eigenvalue weighted by atomic mass is 79.9. The van der Waals surface area contributed by atoms with Gasteiger partial charge < -0.3 is 19.1 Å². The zero-order chi connectivity index (χ0) is 26.0. The SMILES string of the molecule is COCCN(CCOC)c1ccc2c(c1)Sc1cc(Br)cc(C(F)(F)F)c1N2C(=O)OC(C)(C)C. The molecule has 0 spiro atoms. The Morgan fingerprint density at radius 2 is 1.66 bits per heavy atom. The zero-order valence-corrected chi connectivity index (χ0v) is 22.6. The van der Waals surface area contributed by atoms with Crippen molar-refractivity contribution in [3.05, 3.63) is 40.4 Å². The van der Waals surface area contributed by atoms with Crippen LogP contribution in [0.2, 0.25) is 0 Å². The minimum atomic E-state index is -4.68. The Bertz CT molecular complexity index is 1070. The van der Waals surface area contributed by atoms with E-state index in [1.54, 1.807) is 53.2 Å². The second-order valence-corrected chi connectivity index (χ2v) is 10.8. The number of anilines is 3. The summed E-state index contributed by atoms with van der Waals surface area (Å²) in [5.74, 6) is 0. The van der Waals surface area contributed by atoms with Crippen LogP contribution in [0.15, 0.2) is 44.6 Å². The van der Waals surface area contributed by atoms with Gasteiger partial charge in [0.25, 0.3) is 0 Å². The second-order valence-electron chi connectivity index (χ2n) is 8.84. The topological polar surface area (TPSA) is 51.2 Å². The number of alkyl halides is 3. The van der Waals surface area contributed by atoms with Crippen LogP contribution in [0.5, 0.6) is 0 Å². The van der Waals surface area contributed by atoms with Crippen LogP contribution in [0.25, 0.3) is 0 Å². The maximum Gasteiger partial charge on any atom is 0.419 e. The molecule has 1 aliphatic heterocycles. The van der Waals surface area contributed by atoms with Gasteiger partial charge in [0, 0.05) is 47.3 Å². The lowest BCUT2D eigenvalue weighted by Gasteiger charge is -2.35. The van der Waals surface area contributed by atoms with Crippen LogP contribution in [0.4, 0.5) is 35.0 Å². The summed E-state index contributed by atoms with van der Waals surface area (Å²) in [5, 5.41) is 0. The highest BCUT2D eigenvalue weighted by molar-refractivity contribution is 9.10. The number of ether oxygens (including phenoxy) is 3. The number of hydrogen-bond donors (Lipinski definition) is 0. The standard InChI is InChI=1S/C24H28BrF3N2O4S/c1-23(2,3)34-22(31)30-18-7-6-16(29(8-10-32-4)9-11-33-5)14-19(18)35-20-13-15(25)12-17(21(20)30)24(26,27)28/h6-7,12-14H,8-11H2,1-5H3. The molecule has 0 bridgehead atoms. The number of rotatable bonds is 7. The van der Waals surface area contributed by atoms with E-state index in [2.05, 4.69) is 20.8 Å². The van der Waals surface area contributed by atoms with Gasteiger partial charge in [0.1, 0.15) is 5.60 Å². The monoisotopic (exact) mass is 576 g/mol. The summed E-state index contributed by atoms with van der Waals surface area (Å²) in [7, 11) is 3.23. The van der Waals surface area contributed by atoms with E-state index in [0.29, 0.717) is 41.8 Å². The number of hydrogen-bond acceptors (Lipinski definition) is 6. The van der Waals surface area contributed by atoms with Crippen LogP contribution >= 0.6 is 27.7 Å². The van der Waals surface area contributed by atoms with E-state index in [-0.39, 0.29) is 10.2 Å². The molecule has 0 N–H and O–H groups in total. The van der Waals surface area contributed by atoms with Crippen LogP contribution in [-0.2, 0) is 20.4 Å². The molecule has 0 radical (unpaired) electrons. The lowest BCUT2D eigenvalue weighted by molar-refractivity contribution is -0.137. The fourth-order valence-corrected chi connectivity index (χ4v) is 5.35. The van der Waals surface area contributed by atoms with Gasteiger partial charge in [0.05, 0.1) is 30.2 Å². The Morgan fingerprint density at radius 3 is 2.20 bits per heavy atom. The van der Waals surface area contributed by atoms with E-state index in [0.717, 1.165) is 16.7 Å². The van der Waals surface area contributed by atoms with Gasteiger partial charge >= 0.3 is 12.3 Å². The molecule has 0 fully saturated rings. The summed E-state index contributed by atoms with van der Waals surface area (Å²) < 4.78 is 58.4. The Balaban J connectivity index is 2.16. The van der Waals surface area contributed by atoms with E-state index in [4.69, 9.17) is 14.2 Å². The summed E-state index contributed by atoms with van der Waals surface area (Å²) in [6, 6.07) is 7.85. The third-order valence-electron chi connectivity index (χ3n) is 5.04. The minimum Gasteiger partial charge on any atom is -0.443 e. The maximum absolute atomic E-state index is 14.1. The first-order chi connectivity index (χ1) is 16.4. The van der Waals surface area contributed by atoms with Crippen molar-refractivity contribution in [3.8, 4) is 0 Å². The quantitative estimate of drug-likeness (QED) is 0.350. The van der Waals surface area contributed by atoms with Gasteiger partial charge in [-0.25, -0.2) is 9.69 Å². The number of benzene rings is 2. The third-order valence-corrected chi connectivity index (χ3v) is 6.58.